The van der Waals surface area contributed by atoms with Crippen LogP contribution < -0.4 is 15.8 Å². The average molecular weight is 403 g/mol. The number of nitrogens with one attached hydrogen (secondary N) is 1. The minimum absolute atomic E-state index is 0.0365. The molecule has 27 heavy (non-hydrogen) atoms. The molecule has 0 heterocycles. The molecule has 1 aromatic rings. The number of rotatable bonds is 9. The second kappa shape index (κ2) is 10.6. The molecule has 7 heteroatoms. The van der Waals surface area contributed by atoms with Gasteiger partial charge in [0.15, 0.2) is 0 Å². The van der Waals surface area contributed by atoms with Crippen LogP contribution in [0.3, 0.4) is 0 Å². The van der Waals surface area contributed by atoms with E-state index in [2.05, 4.69) is 30.6 Å². The molecule has 0 fully saturated rings. The third kappa shape index (κ3) is 7.87. The van der Waals surface area contributed by atoms with Gasteiger partial charge >= 0.3 is 5.51 Å². The van der Waals surface area contributed by atoms with Gasteiger partial charge in [-0.2, -0.15) is 13.2 Å². The minimum atomic E-state index is -4.28. The van der Waals surface area contributed by atoms with Gasteiger partial charge in [0.2, 0.25) is 0 Å². The van der Waals surface area contributed by atoms with Gasteiger partial charge in [-0.1, -0.05) is 39.8 Å². The summed E-state index contributed by atoms with van der Waals surface area (Å²) in [6, 6.07) is 3.47. The van der Waals surface area contributed by atoms with E-state index >= 15 is 0 Å². The largest absolute Gasteiger partial charge is 0.441 e. The summed E-state index contributed by atoms with van der Waals surface area (Å²) in [5.41, 5.74) is -2.93. The summed E-state index contributed by atoms with van der Waals surface area (Å²) in [5.74, 6) is -0.0168. The molecule has 0 spiro atoms. The van der Waals surface area contributed by atoms with Crippen molar-refractivity contribution >= 4 is 30.4 Å². The Labute approximate surface area is 163 Å². The van der Waals surface area contributed by atoms with E-state index in [0.717, 1.165) is 29.0 Å². The van der Waals surface area contributed by atoms with E-state index in [4.69, 9.17) is 0 Å². The van der Waals surface area contributed by atoms with Crippen LogP contribution in [0.15, 0.2) is 12.1 Å². The van der Waals surface area contributed by atoms with E-state index in [0.29, 0.717) is 17.9 Å². The zero-order valence-corrected chi connectivity index (χ0v) is 17.3. The van der Waals surface area contributed by atoms with Crippen molar-refractivity contribution in [3.8, 4) is 0 Å². The van der Waals surface area contributed by atoms with Gasteiger partial charge in [0.1, 0.15) is 0 Å². The number of hydrogen-bond acceptors (Lipinski definition) is 3. The topological polar surface area (TPSA) is 32.3 Å². The van der Waals surface area contributed by atoms with Gasteiger partial charge < -0.3 is 10.2 Å². The van der Waals surface area contributed by atoms with Gasteiger partial charge in [-0.25, -0.2) is 0 Å². The molecule has 0 aromatic heterocycles. The van der Waals surface area contributed by atoms with Gasteiger partial charge in [-0.15, -0.1) is 0 Å². The highest BCUT2D eigenvalue weighted by Crippen LogP contribution is 2.29. The van der Waals surface area contributed by atoms with Crippen LogP contribution in [0, 0.1) is 5.92 Å². The highest BCUT2D eigenvalue weighted by Gasteiger charge is 2.27. The molecule has 1 amide bonds. The molecule has 0 saturated heterocycles. The van der Waals surface area contributed by atoms with Gasteiger partial charge in [0, 0.05) is 42.9 Å². The van der Waals surface area contributed by atoms with Crippen LogP contribution in [0.5, 0.6) is 0 Å². The van der Waals surface area contributed by atoms with Gasteiger partial charge in [-0.3, -0.25) is 4.79 Å². The number of thioether (sulfide) groups is 1. The molecular weight excluding hydrogens is 373 g/mol. The summed E-state index contributed by atoms with van der Waals surface area (Å²) in [6.07, 6.45) is 3.71. The predicted molar refractivity (Wildman–Crippen MR) is 108 cm³/mol. The van der Waals surface area contributed by atoms with E-state index < -0.39 is 5.51 Å². The molecule has 1 atom stereocenters. The third-order valence-corrected chi connectivity index (χ3v) is 5.08. The summed E-state index contributed by atoms with van der Waals surface area (Å²) in [7, 11) is 1.99. The molecule has 1 rings (SSSR count). The lowest BCUT2D eigenvalue weighted by molar-refractivity contribution is -0.0327. The number of halogens is 3. The number of nitrogens with zero attached hydrogens (tertiary/aromatic N) is 1. The van der Waals surface area contributed by atoms with E-state index in [1.807, 2.05) is 20.2 Å². The van der Waals surface area contributed by atoms with Crippen molar-refractivity contribution < 1.29 is 18.0 Å². The number of benzene rings is 1. The molecular formula is C20H29F3N2OS. The number of carbonyl (C=O) groups is 1. The number of alkyl halides is 3. The quantitative estimate of drug-likeness (QED) is 0.643. The molecule has 1 aromatic carbocycles. The molecule has 1 N–H and O–H groups in total. The fourth-order valence-electron chi connectivity index (χ4n) is 2.79. The standard InChI is InChI=1S/C20H29F3N2OS/c1-6-14(3)12-25(5)13-18-15(4)8-9-17(16(18)7-2)19(26)24-10-11-27-20(21,22)23/h8-9,13-14H,4,6-7,10-12H2,1-3,5H3,(H,24,26)/b18-13+. The Kier molecular flexibility index (Phi) is 9.22. The van der Waals surface area contributed by atoms with Gasteiger partial charge in [0.25, 0.3) is 5.91 Å². The molecule has 0 aliphatic heterocycles. The second-order valence-corrected chi connectivity index (χ2v) is 7.81. The highest BCUT2D eigenvalue weighted by atomic mass is 32.2. The zero-order chi connectivity index (χ0) is 20.6. The summed E-state index contributed by atoms with van der Waals surface area (Å²) in [5, 5.41) is 4.31. The molecule has 1 unspecified atom stereocenters. The Bertz CT molecular complexity index is 734. The zero-order valence-electron chi connectivity index (χ0n) is 16.4. The van der Waals surface area contributed by atoms with Crippen molar-refractivity contribution in [1.82, 2.24) is 10.2 Å². The monoisotopic (exact) mass is 402 g/mol. The Morgan fingerprint density at radius 2 is 2.04 bits per heavy atom. The smallest absolute Gasteiger partial charge is 0.380 e. The highest BCUT2D eigenvalue weighted by molar-refractivity contribution is 8.00. The third-order valence-electron chi connectivity index (χ3n) is 4.34. The first-order valence-electron chi connectivity index (χ1n) is 9.10. The lowest BCUT2D eigenvalue weighted by Gasteiger charge is -2.19. The lowest BCUT2D eigenvalue weighted by Crippen LogP contribution is -2.36. The van der Waals surface area contributed by atoms with E-state index in [1.54, 1.807) is 12.1 Å². The molecule has 3 nitrogen and oxygen atoms in total. The Hall–Kier alpha value is -1.63. The van der Waals surface area contributed by atoms with Crippen molar-refractivity contribution in [2.75, 3.05) is 25.9 Å². The molecule has 0 aliphatic carbocycles. The van der Waals surface area contributed by atoms with Crippen molar-refractivity contribution in [2.45, 2.75) is 39.1 Å². The fourth-order valence-corrected chi connectivity index (χ4v) is 3.22. The SMILES string of the molecule is C=c1ccc(C(=O)NCCSC(F)(F)F)c(CC)/c1=C/N(C)CC(C)CC. The van der Waals surface area contributed by atoms with Crippen molar-refractivity contribution in [2.24, 2.45) is 5.92 Å². The second-order valence-electron chi connectivity index (χ2n) is 6.65. The van der Waals surface area contributed by atoms with Crippen LogP contribution in [-0.2, 0) is 6.42 Å². The first kappa shape index (κ1) is 23.4. The van der Waals surface area contributed by atoms with Gasteiger partial charge in [-0.05, 0) is 40.9 Å². The molecule has 0 aliphatic rings. The summed E-state index contributed by atoms with van der Waals surface area (Å²) in [4.78, 5) is 14.6. The number of carbonyl (C=O) groups excluding carboxylic acids is 1. The fraction of sp³-hybridized carbons (Fsp3) is 0.550. The molecule has 0 radical (unpaired) electrons. The van der Waals surface area contributed by atoms with Gasteiger partial charge in [0.05, 0.1) is 0 Å². The van der Waals surface area contributed by atoms with Crippen LogP contribution in [0.25, 0.3) is 12.8 Å². The maximum Gasteiger partial charge on any atom is 0.441 e. The van der Waals surface area contributed by atoms with Crippen molar-refractivity contribution in [3.05, 3.63) is 33.7 Å². The lowest BCUT2D eigenvalue weighted by atomic mass is 10.0. The maximum atomic E-state index is 12.5. The van der Waals surface area contributed by atoms with Crippen LogP contribution in [0.2, 0.25) is 0 Å². The minimum Gasteiger partial charge on any atom is -0.380 e. The van der Waals surface area contributed by atoms with Crippen molar-refractivity contribution in [3.63, 3.8) is 0 Å². The normalized spacial score (nSPS) is 13.5. The maximum absolute atomic E-state index is 12.5. The van der Waals surface area contributed by atoms with Crippen LogP contribution in [0.4, 0.5) is 13.2 Å². The number of amides is 1. The van der Waals surface area contributed by atoms with E-state index in [1.165, 1.54) is 0 Å². The molecule has 0 saturated carbocycles. The van der Waals surface area contributed by atoms with Crippen LogP contribution in [-0.4, -0.2) is 42.2 Å². The first-order chi connectivity index (χ1) is 12.6. The van der Waals surface area contributed by atoms with E-state index in [9.17, 15) is 18.0 Å². The van der Waals surface area contributed by atoms with Crippen LogP contribution >= 0.6 is 11.8 Å². The molecule has 152 valence electrons. The summed E-state index contributed by atoms with van der Waals surface area (Å²) >= 11 is -0.135. The first-order valence-corrected chi connectivity index (χ1v) is 10.1. The number of hydrogen-bond donors (Lipinski definition) is 1. The Morgan fingerprint density at radius 1 is 1.37 bits per heavy atom. The van der Waals surface area contributed by atoms with Crippen molar-refractivity contribution in [1.29, 1.82) is 0 Å². The summed E-state index contributed by atoms with van der Waals surface area (Å²) < 4.78 is 36.6. The predicted octanol–water partition coefficient (Wildman–Crippen LogP) is 3.36. The van der Waals surface area contributed by atoms with Crippen LogP contribution in [0.1, 0.15) is 43.1 Å². The Balaban J connectivity index is 3.02. The Morgan fingerprint density at radius 3 is 2.59 bits per heavy atom. The molecule has 0 bridgehead atoms. The summed E-state index contributed by atoms with van der Waals surface area (Å²) in [6.45, 7) is 11.2. The van der Waals surface area contributed by atoms with E-state index in [-0.39, 0.29) is 30.0 Å². The average Bonchev–Trinajstić information content (AvgIpc) is 2.59.